The van der Waals surface area contributed by atoms with Crippen LogP contribution >= 0.6 is 0 Å². The largest absolute Gasteiger partial charge is 0.496 e. The first-order valence-corrected chi connectivity index (χ1v) is 13.9. The van der Waals surface area contributed by atoms with E-state index in [0.717, 1.165) is 11.1 Å². The molecule has 0 N–H and O–H groups in total. The van der Waals surface area contributed by atoms with Crippen LogP contribution in [0.5, 0.6) is 63.2 Å². The minimum absolute atomic E-state index is 0.577. The maximum absolute atomic E-state index is 5.54. The molecule has 11 heteroatoms. The van der Waals surface area contributed by atoms with Gasteiger partial charge in [-0.05, 0) is 12.1 Å². The lowest BCUT2D eigenvalue weighted by Gasteiger charge is -2.20. The molecule has 0 fully saturated rings. The molecule has 0 bridgehead atoms. The average Bonchev–Trinajstić information content (AvgIpc) is 3.12. The lowest BCUT2D eigenvalue weighted by molar-refractivity contribution is 0.369. The van der Waals surface area contributed by atoms with Crippen molar-refractivity contribution in [2.24, 2.45) is 0 Å². The molecule has 0 saturated heterocycles. The molecule has 4 aromatic carbocycles. The normalized spacial score (nSPS) is 10.1. The average molecular weight is 639 g/mol. The van der Waals surface area contributed by atoms with Crippen LogP contribution < -0.4 is 52.1 Å². The predicted octanol–water partition coefficient (Wildman–Crippen LogP) is 6.80. The quantitative estimate of drug-likeness (QED) is 0.155. The maximum Gasteiger partial charge on any atom is 0.134 e. The molecule has 4 rings (SSSR count). The van der Waals surface area contributed by atoms with E-state index < -0.39 is 0 Å². The molecule has 0 heterocycles. The molecule has 0 aliphatic heterocycles. The number of rotatable bonds is 13. The van der Waals surface area contributed by atoms with E-state index >= 15 is 0 Å². The van der Waals surface area contributed by atoms with E-state index in [4.69, 9.17) is 52.1 Å². The summed E-state index contributed by atoms with van der Waals surface area (Å²) in [7, 11) is 17.5. The van der Waals surface area contributed by atoms with Gasteiger partial charge in [0.1, 0.15) is 63.2 Å². The Bertz CT molecular complexity index is 1440. The van der Waals surface area contributed by atoms with Gasteiger partial charge < -0.3 is 52.1 Å². The fourth-order valence-electron chi connectivity index (χ4n) is 4.85. The van der Waals surface area contributed by atoms with Gasteiger partial charge in [0, 0.05) is 36.4 Å². The summed E-state index contributed by atoms with van der Waals surface area (Å²) in [5.41, 5.74) is 2.93. The summed E-state index contributed by atoms with van der Waals surface area (Å²) in [6.45, 7) is 0. The Morgan fingerprint density at radius 1 is 0.261 bits per heavy atom. The van der Waals surface area contributed by atoms with Gasteiger partial charge in [-0.2, -0.15) is 0 Å². The van der Waals surface area contributed by atoms with Gasteiger partial charge in [-0.3, -0.25) is 0 Å². The van der Waals surface area contributed by atoms with E-state index in [1.54, 1.807) is 115 Å². The van der Waals surface area contributed by atoms with Gasteiger partial charge in [0.05, 0.1) is 100 Å². The molecular weight excluding hydrogens is 596 g/mol. The molecule has 0 aromatic heterocycles. The second-order valence-electron chi connectivity index (χ2n) is 9.26. The van der Waals surface area contributed by atoms with Crippen LogP contribution in [0.3, 0.4) is 0 Å². The smallest absolute Gasteiger partial charge is 0.134 e. The van der Waals surface area contributed by atoms with Gasteiger partial charge in [-0.15, -0.1) is 0 Å². The Hall–Kier alpha value is -5.32. The minimum Gasteiger partial charge on any atom is -0.496 e. The van der Waals surface area contributed by atoms with Crippen molar-refractivity contribution in [3.8, 4) is 85.5 Å². The van der Waals surface area contributed by atoms with Gasteiger partial charge in [0.15, 0.2) is 0 Å². The molecule has 46 heavy (non-hydrogen) atoms. The molecule has 0 spiro atoms. The van der Waals surface area contributed by atoms with Crippen molar-refractivity contribution >= 4 is 0 Å². The first-order chi connectivity index (χ1) is 22.3. The van der Waals surface area contributed by atoms with E-state index in [1.165, 1.54) is 0 Å². The van der Waals surface area contributed by atoms with E-state index in [9.17, 15) is 0 Å². The van der Waals surface area contributed by atoms with Crippen LogP contribution in [0.2, 0.25) is 0 Å². The zero-order chi connectivity index (χ0) is 33.8. The van der Waals surface area contributed by atoms with Crippen molar-refractivity contribution < 1.29 is 52.1 Å². The van der Waals surface area contributed by atoms with E-state index in [2.05, 4.69) is 0 Å². The molecule has 0 atom stereocenters. The molecular formula is C35H42O11. The molecule has 0 unspecified atom stereocenters. The first-order valence-electron chi connectivity index (χ1n) is 13.9. The third kappa shape index (κ3) is 7.31. The monoisotopic (exact) mass is 638 g/mol. The van der Waals surface area contributed by atoms with E-state index in [-0.39, 0.29) is 0 Å². The highest BCUT2D eigenvalue weighted by Crippen LogP contribution is 2.51. The van der Waals surface area contributed by atoms with Crippen molar-refractivity contribution in [3.05, 3.63) is 54.6 Å². The summed E-state index contributed by atoms with van der Waals surface area (Å²) in [5.74, 6) is 6.76. The van der Waals surface area contributed by atoms with Gasteiger partial charge in [-0.25, -0.2) is 0 Å². The van der Waals surface area contributed by atoms with Crippen LogP contribution in [-0.2, 0) is 0 Å². The maximum atomic E-state index is 5.54. The number of benzene rings is 4. The molecule has 248 valence electrons. The van der Waals surface area contributed by atoms with Crippen LogP contribution in [0.25, 0.3) is 22.3 Å². The molecule has 0 radical (unpaired) electrons. The summed E-state index contributed by atoms with van der Waals surface area (Å²) < 4.78 is 60.0. The zero-order valence-electron chi connectivity index (χ0n) is 28.2. The standard InChI is InChI=1S/C18H22O6.C17H20O5/c1-19-11-7-13(21-3)17(14(8-11)22-4)18-15(23-5)9-12(20-2)10-16(18)24-6;1-18-11-9-14(21-4)17(15(10-11)22-5)16-12(19-2)7-6-8-13(16)20-3/h7-10H,1-6H3;6-10H,1-5H3. The van der Waals surface area contributed by atoms with Crippen LogP contribution in [0.4, 0.5) is 0 Å². The lowest BCUT2D eigenvalue weighted by atomic mass is 10.00. The highest BCUT2D eigenvalue weighted by molar-refractivity contribution is 5.88. The summed E-state index contributed by atoms with van der Waals surface area (Å²) in [5, 5.41) is 0. The second kappa shape index (κ2) is 16.7. The van der Waals surface area contributed by atoms with Crippen molar-refractivity contribution in [1.29, 1.82) is 0 Å². The van der Waals surface area contributed by atoms with Crippen LogP contribution in [0.1, 0.15) is 0 Å². The minimum atomic E-state index is 0.577. The van der Waals surface area contributed by atoms with E-state index in [0.29, 0.717) is 74.4 Å². The molecule has 0 amide bonds. The summed E-state index contributed by atoms with van der Waals surface area (Å²) in [4.78, 5) is 0. The number of ether oxygens (including phenoxy) is 11. The SMILES string of the molecule is COc1cc(OC)c(-c2c(OC)cc(OC)cc2OC)c(OC)c1.COc1cc(OC)c(-c2c(OC)cccc2OC)c(OC)c1. The first kappa shape index (κ1) is 35.2. The van der Waals surface area contributed by atoms with Crippen LogP contribution in [0, 0.1) is 0 Å². The van der Waals surface area contributed by atoms with Gasteiger partial charge in [0.2, 0.25) is 0 Å². The number of hydrogen-bond acceptors (Lipinski definition) is 11. The number of hydrogen-bond donors (Lipinski definition) is 0. The van der Waals surface area contributed by atoms with Gasteiger partial charge in [0.25, 0.3) is 0 Å². The third-order valence-electron chi connectivity index (χ3n) is 7.07. The molecule has 4 aromatic rings. The van der Waals surface area contributed by atoms with E-state index in [1.807, 2.05) is 18.2 Å². The Morgan fingerprint density at radius 3 is 0.630 bits per heavy atom. The molecule has 0 saturated carbocycles. The Kier molecular flexibility index (Phi) is 12.7. The lowest BCUT2D eigenvalue weighted by Crippen LogP contribution is -2.00. The van der Waals surface area contributed by atoms with Crippen LogP contribution in [0.15, 0.2) is 54.6 Å². The highest BCUT2D eigenvalue weighted by atomic mass is 16.5. The van der Waals surface area contributed by atoms with Crippen molar-refractivity contribution in [1.82, 2.24) is 0 Å². The van der Waals surface area contributed by atoms with Crippen molar-refractivity contribution in [2.45, 2.75) is 0 Å². The molecule has 0 aliphatic rings. The Balaban J connectivity index is 0.000000251. The second-order valence-corrected chi connectivity index (χ2v) is 9.26. The van der Waals surface area contributed by atoms with Gasteiger partial charge in [-0.1, -0.05) is 6.07 Å². The van der Waals surface area contributed by atoms with Crippen LogP contribution in [-0.4, -0.2) is 78.2 Å². The van der Waals surface area contributed by atoms with Crippen molar-refractivity contribution in [2.75, 3.05) is 78.2 Å². The number of methoxy groups -OCH3 is 11. The summed E-state index contributed by atoms with van der Waals surface area (Å²) in [6, 6.07) is 16.3. The molecule has 11 nitrogen and oxygen atoms in total. The Labute approximate surface area is 270 Å². The van der Waals surface area contributed by atoms with Crippen molar-refractivity contribution in [3.63, 3.8) is 0 Å². The third-order valence-corrected chi connectivity index (χ3v) is 7.07. The summed E-state index contributed by atoms with van der Waals surface area (Å²) in [6.07, 6.45) is 0. The molecule has 0 aliphatic carbocycles. The van der Waals surface area contributed by atoms with Gasteiger partial charge >= 0.3 is 0 Å². The fraction of sp³-hybridized carbons (Fsp3) is 0.314. The fourth-order valence-corrected chi connectivity index (χ4v) is 4.85. The summed E-state index contributed by atoms with van der Waals surface area (Å²) >= 11 is 0. The highest BCUT2D eigenvalue weighted by Gasteiger charge is 2.24. The topological polar surface area (TPSA) is 102 Å². The zero-order valence-corrected chi connectivity index (χ0v) is 28.2. The predicted molar refractivity (Wildman–Crippen MR) is 176 cm³/mol. The Morgan fingerprint density at radius 2 is 0.457 bits per heavy atom.